The van der Waals surface area contributed by atoms with Gasteiger partial charge in [0.15, 0.2) is 0 Å². The molecular weight excluding hydrogens is 838 g/mol. The largest absolute Gasteiger partial charge is 0.396 e. The van der Waals surface area contributed by atoms with E-state index in [4.69, 9.17) is 0 Å². The molecule has 68 heavy (non-hydrogen) atoms. The van der Waals surface area contributed by atoms with Crippen molar-refractivity contribution in [3.8, 4) is 0 Å². The quantitative estimate of drug-likeness (QED) is 0.1000. The van der Waals surface area contributed by atoms with Gasteiger partial charge in [0.2, 0.25) is 0 Å². The van der Waals surface area contributed by atoms with Crippen molar-refractivity contribution in [2.24, 2.45) is 0 Å². The molecule has 0 unspecified atom stereocenters. The van der Waals surface area contributed by atoms with Gasteiger partial charge in [-0.15, -0.1) is 0 Å². The smallest absolute Gasteiger partial charge is 0.313 e. The minimum Gasteiger partial charge on any atom is -0.313 e. The third-order valence-electron chi connectivity index (χ3n) is 14.6. The van der Waals surface area contributed by atoms with E-state index in [0.717, 1.165) is 23.5 Å². The van der Waals surface area contributed by atoms with E-state index in [1.54, 1.807) is 0 Å². The molecule has 0 spiro atoms. The second kappa shape index (κ2) is 18.1. The van der Waals surface area contributed by atoms with E-state index >= 15 is 0 Å². The molecular formula is C64H74AlN3. The van der Waals surface area contributed by atoms with E-state index in [0.29, 0.717) is 0 Å². The molecule has 0 aliphatic carbocycles. The Bertz CT molecular complexity index is 2840. The summed E-state index contributed by atoms with van der Waals surface area (Å²) in [6.45, 7) is 30.0. The molecule has 0 aromatic heterocycles. The first-order chi connectivity index (χ1) is 32.2. The molecule has 7 aromatic rings. The van der Waals surface area contributed by atoms with Gasteiger partial charge < -0.3 is 14.7 Å². The van der Waals surface area contributed by atoms with Crippen LogP contribution in [0.5, 0.6) is 0 Å². The van der Waals surface area contributed by atoms with Gasteiger partial charge in [0, 0.05) is 51.2 Å². The Morgan fingerprint density at radius 2 is 0.853 bits per heavy atom. The molecule has 0 radical (unpaired) electrons. The Labute approximate surface area is 414 Å². The minimum absolute atomic E-state index is 0.000332. The highest BCUT2D eigenvalue weighted by Crippen LogP contribution is 2.47. The van der Waals surface area contributed by atoms with Gasteiger partial charge in [-0.2, -0.15) is 0 Å². The third kappa shape index (κ3) is 9.20. The number of anilines is 9. The van der Waals surface area contributed by atoms with Gasteiger partial charge in [0.1, 0.15) is 0 Å². The summed E-state index contributed by atoms with van der Waals surface area (Å²) in [6.07, 6.45) is 6.18. The van der Waals surface area contributed by atoms with E-state index in [9.17, 15) is 0 Å². The monoisotopic (exact) mass is 912 g/mol. The average Bonchev–Trinajstić information content (AvgIpc) is 3.30. The van der Waals surface area contributed by atoms with Gasteiger partial charge in [0.05, 0.1) is 0 Å². The highest BCUT2D eigenvalue weighted by atomic mass is 27.2. The minimum atomic E-state index is -2.10. The zero-order valence-electron chi connectivity index (χ0n) is 43.4. The number of nitrogens with zero attached hydrogens (tertiary/aromatic N) is 3. The van der Waals surface area contributed by atoms with Crippen molar-refractivity contribution in [3.63, 3.8) is 0 Å². The zero-order valence-corrected chi connectivity index (χ0v) is 44.5. The number of hydrogen-bond acceptors (Lipinski definition) is 3. The van der Waals surface area contributed by atoms with Crippen LogP contribution in [0.15, 0.2) is 152 Å². The first-order valence-electron chi connectivity index (χ1n) is 25.4. The number of rotatable bonds is 10. The average molecular weight is 912 g/mol. The molecule has 0 saturated carbocycles. The van der Waals surface area contributed by atoms with Gasteiger partial charge in [-0.05, 0) is 141 Å². The molecule has 348 valence electrons. The first kappa shape index (κ1) is 47.5. The molecule has 3 nitrogen and oxygen atoms in total. The fourth-order valence-electron chi connectivity index (χ4n) is 10.4. The van der Waals surface area contributed by atoms with Crippen LogP contribution < -0.4 is 28.0 Å². The van der Waals surface area contributed by atoms with E-state index < -0.39 is 14.1 Å². The van der Waals surface area contributed by atoms with Crippen molar-refractivity contribution in [2.45, 2.75) is 144 Å². The van der Waals surface area contributed by atoms with Crippen LogP contribution in [0.25, 0.3) is 0 Å². The van der Waals surface area contributed by atoms with Gasteiger partial charge >= 0.3 is 14.1 Å². The van der Waals surface area contributed by atoms with Gasteiger partial charge in [-0.1, -0.05) is 195 Å². The van der Waals surface area contributed by atoms with E-state index in [1.807, 2.05) is 0 Å². The third-order valence-corrected chi connectivity index (χ3v) is 18.0. The predicted molar refractivity (Wildman–Crippen MR) is 298 cm³/mol. The summed E-state index contributed by atoms with van der Waals surface area (Å²) in [4.78, 5) is 7.64. The van der Waals surface area contributed by atoms with Crippen LogP contribution in [-0.4, -0.2) is 14.1 Å². The van der Waals surface area contributed by atoms with Crippen LogP contribution in [0.3, 0.4) is 0 Å². The molecule has 0 fully saturated rings. The SMILES string of the molecule is CCCCCCc1ccc(N2c3cc(N(c4ccc(C(C)(C)C)cc4)c4ccc(C(C)(C)C)cc4)cc[c]3[Al]3[c]4cc(C(C)(C)C)ccc4N(c4ccc(C(C)(C)C)cc4)c4cccc2[c]43)cc1. The highest BCUT2D eigenvalue weighted by Gasteiger charge is 2.45. The molecule has 2 heterocycles. The lowest BCUT2D eigenvalue weighted by atomic mass is 9.86. The van der Waals surface area contributed by atoms with E-state index in [2.05, 4.69) is 256 Å². The number of unbranched alkanes of at least 4 members (excludes halogenated alkanes) is 3. The highest BCUT2D eigenvalue weighted by molar-refractivity contribution is 7.00. The molecule has 0 amide bonds. The van der Waals surface area contributed by atoms with Crippen LogP contribution in [0.4, 0.5) is 51.2 Å². The van der Waals surface area contributed by atoms with Gasteiger partial charge in [-0.25, -0.2) is 0 Å². The normalized spacial score (nSPS) is 13.6. The lowest BCUT2D eigenvalue weighted by Crippen LogP contribution is -2.61. The Morgan fingerprint density at radius 3 is 1.35 bits per heavy atom. The van der Waals surface area contributed by atoms with Crippen molar-refractivity contribution in [3.05, 3.63) is 179 Å². The first-order valence-corrected chi connectivity index (χ1v) is 27.2. The summed E-state index contributed by atoms with van der Waals surface area (Å²) >= 11 is -2.10. The van der Waals surface area contributed by atoms with Crippen molar-refractivity contribution in [2.75, 3.05) is 14.7 Å². The van der Waals surface area contributed by atoms with Crippen LogP contribution in [-0.2, 0) is 28.1 Å². The summed E-state index contributed by atoms with van der Waals surface area (Å²) in [5.41, 5.74) is 18.0. The maximum atomic E-state index is 2.60. The van der Waals surface area contributed by atoms with Crippen molar-refractivity contribution >= 4 is 78.6 Å². The summed E-state index contributed by atoms with van der Waals surface area (Å²) in [5, 5.41) is 0. The number of hydrogen-bond donors (Lipinski definition) is 0. The summed E-state index contributed by atoms with van der Waals surface area (Å²) in [5.74, 6) is 0. The molecule has 2 aliphatic rings. The molecule has 9 rings (SSSR count). The van der Waals surface area contributed by atoms with Crippen LogP contribution in [0, 0.1) is 0 Å². The molecule has 7 aromatic carbocycles. The van der Waals surface area contributed by atoms with E-state index in [1.165, 1.54) is 101 Å². The van der Waals surface area contributed by atoms with Crippen LogP contribution in [0.1, 0.15) is 144 Å². The maximum absolute atomic E-state index is 2.60. The fraction of sp³-hybridized carbons (Fsp3) is 0.344. The molecule has 0 N–H and O–H groups in total. The van der Waals surface area contributed by atoms with Crippen molar-refractivity contribution in [1.82, 2.24) is 0 Å². The summed E-state index contributed by atoms with van der Waals surface area (Å²) < 4.78 is 4.43. The topological polar surface area (TPSA) is 9.72 Å². The zero-order chi connectivity index (χ0) is 48.3. The second-order valence-corrected chi connectivity index (χ2v) is 26.5. The van der Waals surface area contributed by atoms with Crippen LogP contribution in [0.2, 0.25) is 0 Å². The second-order valence-electron chi connectivity index (χ2n) is 23.8. The summed E-state index contributed by atoms with van der Waals surface area (Å²) in [7, 11) is 0. The van der Waals surface area contributed by atoms with E-state index in [-0.39, 0.29) is 21.7 Å². The lowest BCUT2D eigenvalue weighted by Gasteiger charge is -2.44. The molecule has 2 aliphatic heterocycles. The number of aryl methyl sites for hydroxylation is 1. The van der Waals surface area contributed by atoms with Gasteiger partial charge in [-0.3, -0.25) is 0 Å². The predicted octanol–water partition coefficient (Wildman–Crippen LogP) is 16.6. The Hall–Kier alpha value is -5.53. The molecule has 0 atom stereocenters. The number of fused-ring (bicyclic) bond motifs is 4. The molecule has 0 saturated heterocycles. The van der Waals surface area contributed by atoms with Crippen LogP contribution >= 0.6 is 0 Å². The summed E-state index contributed by atoms with van der Waals surface area (Å²) in [6, 6.07) is 59.4. The molecule has 0 bridgehead atoms. The number of benzene rings is 7. The lowest BCUT2D eigenvalue weighted by molar-refractivity contribution is 0.590. The fourth-order valence-corrected chi connectivity index (χ4v) is 14.1. The molecule has 4 heteroatoms. The van der Waals surface area contributed by atoms with Crippen molar-refractivity contribution < 1.29 is 0 Å². The standard InChI is InChI=1S/C64H74N3.Al/c1-14-15-16-17-20-47-25-35-52(36-26-47)67(59-23-18-21-57(45-59)65(53-37-27-48(28-38-53)61(2,3)4)54-39-29-49(30-40-54)62(5,6)7)60-24-19-22-58(46-60)66(55-41-31-50(32-42-55)63(8,9)10)56-43-33-51(34-44-56)64(11,12)13;/h18-19,21-23,25-39,41-44,46H,14-17,20H2,1-13H3;. The Kier molecular flexibility index (Phi) is 12.6. The van der Waals surface area contributed by atoms with Gasteiger partial charge in [0.25, 0.3) is 0 Å². The maximum Gasteiger partial charge on any atom is 0.396 e. The Morgan fingerprint density at radius 1 is 0.397 bits per heavy atom. The van der Waals surface area contributed by atoms with Crippen molar-refractivity contribution in [1.29, 1.82) is 0 Å². The Balaban J connectivity index is 1.28.